The van der Waals surface area contributed by atoms with E-state index in [-0.39, 0.29) is 17.4 Å². The maximum Gasteiger partial charge on any atom is 0.224 e. The molecule has 20 heavy (non-hydrogen) atoms. The zero-order valence-electron chi connectivity index (χ0n) is 11.6. The summed E-state index contributed by atoms with van der Waals surface area (Å²) in [5.74, 6) is 0.696. The zero-order chi connectivity index (χ0) is 14.2. The van der Waals surface area contributed by atoms with Crippen LogP contribution in [0.4, 0.5) is 0 Å². The molecule has 0 spiro atoms. The standard InChI is InChI=1S/C16H21BrN2O/c17-13-6-4-12(5-7-13)16(8-9-16)19-15(20)14-3-1-2-11(14)10-18/h4-7,11,14H,1-3,8-10,18H2,(H,19,20)/t11-,14-/m1/s1. The van der Waals surface area contributed by atoms with E-state index in [0.29, 0.717) is 12.5 Å². The third-order valence-corrected chi connectivity index (χ3v) is 5.34. The molecular weight excluding hydrogens is 316 g/mol. The number of amides is 1. The molecule has 0 heterocycles. The fourth-order valence-corrected chi connectivity index (χ4v) is 3.64. The van der Waals surface area contributed by atoms with Crippen molar-refractivity contribution in [2.45, 2.75) is 37.6 Å². The highest BCUT2D eigenvalue weighted by Crippen LogP contribution is 2.46. The lowest BCUT2D eigenvalue weighted by Gasteiger charge is -2.23. The van der Waals surface area contributed by atoms with Crippen LogP contribution in [-0.2, 0) is 10.3 Å². The summed E-state index contributed by atoms with van der Waals surface area (Å²) in [6.45, 7) is 0.628. The molecule has 0 unspecified atom stereocenters. The molecule has 1 amide bonds. The normalized spacial score (nSPS) is 27.3. The van der Waals surface area contributed by atoms with Gasteiger partial charge in [-0.15, -0.1) is 0 Å². The Labute approximate surface area is 128 Å². The van der Waals surface area contributed by atoms with Gasteiger partial charge in [0.25, 0.3) is 0 Å². The quantitative estimate of drug-likeness (QED) is 0.888. The first kappa shape index (κ1) is 14.1. The Hall–Kier alpha value is -0.870. The minimum Gasteiger partial charge on any atom is -0.346 e. The van der Waals surface area contributed by atoms with Crippen molar-refractivity contribution >= 4 is 21.8 Å². The van der Waals surface area contributed by atoms with Crippen LogP contribution in [0, 0.1) is 11.8 Å². The fraction of sp³-hybridized carbons (Fsp3) is 0.562. The van der Waals surface area contributed by atoms with Crippen LogP contribution in [0.2, 0.25) is 0 Å². The molecule has 2 aliphatic carbocycles. The molecule has 108 valence electrons. The first-order valence-electron chi connectivity index (χ1n) is 7.43. The summed E-state index contributed by atoms with van der Waals surface area (Å²) in [5, 5.41) is 3.30. The van der Waals surface area contributed by atoms with Gasteiger partial charge in [-0.1, -0.05) is 34.5 Å². The number of nitrogens with one attached hydrogen (secondary N) is 1. The molecule has 4 heteroatoms. The largest absolute Gasteiger partial charge is 0.346 e. The topological polar surface area (TPSA) is 55.1 Å². The number of hydrogen-bond donors (Lipinski definition) is 2. The van der Waals surface area contributed by atoms with Crippen LogP contribution in [0.15, 0.2) is 28.7 Å². The molecule has 1 aromatic carbocycles. The van der Waals surface area contributed by atoms with Crippen LogP contribution in [0.1, 0.15) is 37.7 Å². The number of carbonyl (C=O) groups excluding carboxylic acids is 1. The van der Waals surface area contributed by atoms with Gasteiger partial charge in [-0.25, -0.2) is 0 Å². The predicted molar refractivity (Wildman–Crippen MR) is 83.1 cm³/mol. The second-order valence-electron chi connectivity index (χ2n) is 6.11. The molecule has 0 bridgehead atoms. The maximum atomic E-state index is 12.5. The number of carbonyl (C=O) groups is 1. The van der Waals surface area contributed by atoms with Gasteiger partial charge < -0.3 is 11.1 Å². The number of halogens is 1. The molecule has 0 aliphatic heterocycles. The van der Waals surface area contributed by atoms with Gasteiger partial charge in [0.05, 0.1) is 5.54 Å². The Balaban J connectivity index is 1.70. The van der Waals surface area contributed by atoms with Crippen LogP contribution < -0.4 is 11.1 Å². The Morgan fingerprint density at radius 1 is 1.30 bits per heavy atom. The monoisotopic (exact) mass is 336 g/mol. The Morgan fingerprint density at radius 3 is 2.60 bits per heavy atom. The Bertz CT molecular complexity index is 496. The molecular formula is C16H21BrN2O. The van der Waals surface area contributed by atoms with Crippen LogP contribution in [-0.4, -0.2) is 12.5 Å². The average Bonchev–Trinajstić information content (AvgIpc) is 3.05. The van der Waals surface area contributed by atoms with Gasteiger partial charge in [-0.2, -0.15) is 0 Å². The van der Waals surface area contributed by atoms with Gasteiger partial charge in [0.15, 0.2) is 0 Å². The van der Waals surface area contributed by atoms with Gasteiger partial charge >= 0.3 is 0 Å². The molecule has 2 atom stereocenters. The van der Waals surface area contributed by atoms with Crippen molar-refractivity contribution in [3.8, 4) is 0 Å². The summed E-state index contributed by atoms with van der Waals surface area (Å²) in [4.78, 5) is 12.5. The predicted octanol–water partition coefficient (Wildman–Crippen LogP) is 2.93. The van der Waals surface area contributed by atoms with Crippen molar-refractivity contribution in [2.24, 2.45) is 17.6 Å². The summed E-state index contributed by atoms with van der Waals surface area (Å²) >= 11 is 3.45. The Kier molecular flexibility index (Phi) is 3.87. The molecule has 3 rings (SSSR count). The molecule has 2 saturated carbocycles. The van der Waals surface area contributed by atoms with E-state index >= 15 is 0 Å². The average molecular weight is 337 g/mol. The molecule has 0 radical (unpaired) electrons. The molecule has 0 aromatic heterocycles. The third-order valence-electron chi connectivity index (χ3n) is 4.81. The van der Waals surface area contributed by atoms with E-state index in [1.54, 1.807) is 0 Å². The van der Waals surface area contributed by atoms with Crippen LogP contribution in [0.3, 0.4) is 0 Å². The fourth-order valence-electron chi connectivity index (χ4n) is 3.37. The van der Waals surface area contributed by atoms with Crippen LogP contribution >= 0.6 is 15.9 Å². The molecule has 0 saturated heterocycles. The van der Waals surface area contributed by atoms with Gasteiger partial charge in [0.1, 0.15) is 0 Å². The van der Waals surface area contributed by atoms with E-state index in [1.807, 2.05) is 12.1 Å². The number of hydrogen-bond acceptors (Lipinski definition) is 2. The SMILES string of the molecule is NC[C@H]1CCC[C@H]1C(=O)NC1(c2ccc(Br)cc2)CC1. The molecule has 2 aliphatic rings. The van der Waals surface area contributed by atoms with E-state index in [9.17, 15) is 4.79 Å². The van der Waals surface area contributed by atoms with Crippen LogP contribution in [0.25, 0.3) is 0 Å². The number of nitrogens with two attached hydrogens (primary N) is 1. The summed E-state index contributed by atoms with van der Waals surface area (Å²) in [6.07, 6.45) is 5.30. The molecule has 1 aromatic rings. The van der Waals surface area contributed by atoms with Crippen molar-refractivity contribution in [3.63, 3.8) is 0 Å². The summed E-state index contributed by atoms with van der Waals surface area (Å²) in [6, 6.07) is 8.29. The van der Waals surface area contributed by atoms with Gasteiger partial charge in [-0.3, -0.25) is 4.79 Å². The molecule has 3 nitrogen and oxygen atoms in total. The van der Waals surface area contributed by atoms with Gasteiger partial charge in [-0.05, 0) is 55.8 Å². The summed E-state index contributed by atoms with van der Waals surface area (Å²) < 4.78 is 1.07. The molecule has 3 N–H and O–H groups in total. The minimum absolute atomic E-state index is 0.112. The lowest BCUT2D eigenvalue weighted by Crippen LogP contribution is -2.41. The third kappa shape index (κ3) is 2.63. The second-order valence-corrected chi connectivity index (χ2v) is 7.03. The lowest BCUT2D eigenvalue weighted by atomic mass is 9.94. The van der Waals surface area contributed by atoms with Crippen molar-refractivity contribution in [1.82, 2.24) is 5.32 Å². The second kappa shape index (κ2) is 5.49. The Morgan fingerprint density at radius 2 is 2.00 bits per heavy atom. The van der Waals surface area contributed by atoms with E-state index < -0.39 is 0 Å². The van der Waals surface area contributed by atoms with E-state index in [0.717, 1.165) is 36.6 Å². The van der Waals surface area contributed by atoms with Crippen molar-refractivity contribution < 1.29 is 4.79 Å². The zero-order valence-corrected chi connectivity index (χ0v) is 13.2. The number of benzene rings is 1. The van der Waals surface area contributed by atoms with E-state index in [2.05, 4.69) is 33.4 Å². The molecule has 2 fully saturated rings. The maximum absolute atomic E-state index is 12.5. The highest BCUT2D eigenvalue weighted by atomic mass is 79.9. The number of rotatable bonds is 4. The van der Waals surface area contributed by atoms with Gasteiger partial charge in [0.2, 0.25) is 5.91 Å². The van der Waals surface area contributed by atoms with Crippen LogP contribution in [0.5, 0.6) is 0 Å². The van der Waals surface area contributed by atoms with Crippen molar-refractivity contribution in [2.75, 3.05) is 6.54 Å². The van der Waals surface area contributed by atoms with E-state index in [1.165, 1.54) is 5.56 Å². The highest BCUT2D eigenvalue weighted by Gasteiger charge is 2.47. The lowest BCUT2D eigenvalue weighted by molar-refractivity contribution is -0.127. The van der Waals surface area contributed by atoms with Crippen molar-refractivity contribution in [3.05, 3.63) is 34.3 Å². The van der Waals surface area contributed by atoms with Crippen molar-refractivity contribution in [1.29, 1.82) is 0 Å². The first-order valence-corrected chi connectivity index (χ1v) is 8.22. The summed E-state index contributed by atoms with van der Waals surface area (Å²) in [7, 11) is 0. The smallest absolute Gasteiger partial charge is 0.224 e. The first-order chi connectivity index (χ1) is 9.64. The minimum atomic E-state index is -0.112. The van der Waals surface area contributed by atoms with Gasteiger partial charge in [0, 0.05) is 10.4 Å². The summed E-state index contributed by atoms with van der Waals surface area (Å²) in [5.41, 5.74) is 6.89. The van der Waals surface area contributed by atoms with E-state index in [4.69, 9.17) is 5.73 Å². The highest BCUT2D eigenvalue weighted by molar-refractivity contribution is 9.10.